The fraction of sp³-hybridized carbons (Fsp3) is 0.308. The van der Waals surface area contributed by atoms with Gasteiger partial charge in [-0.2, -0.15) is 5.26 Å². The number of allylic oxidation sites excluding steroid dienone is 1. The van der Waals surface area contributed by atoms with Crippen LogP contribution in [0.25, 0.3) is 16.7 Å². The summed E-state index contributed by atoms with van der Waals surface area (Å²) in [5.74, 6) is -0.233. The van der Waals surface area contributed by atoms with Crippen LogP contribution in [0.2, 0.25) is 0 Å². The number of thiophene rings is 1. The van der Waals surface area contributed by atoms with Crippen LogP contribution in [0.5, 0.6) is 0 Å². The Morgan fingerprint density at radius 3 is 2.68 bits per heavy atom. The molecular formula is C26H26N2O2S. The first-order valence-electron chi connectivity index (χ1n) is 10.7. The van der Waals surface area contributed by atoms with Crippen LogP contribution in [-0.4, -0.2) is 17.1 Å². The zero-order valence-electron chi connectivity index (χ0n) is 18.2. The minimum Gasteiger partial charge on any atom is -0.462 e. The number of nitriles is 1. The number of hydrogen-bond donors (Lipinski definition) is 0. The molecule has 0 unspecified atom stereocenters. The van der Waals surface area contributed by atoms with Crippen molar-refractivity contribution in [2.45, 2.75) is 46.5 Å². The fourth-order valence-electron chi connectivity index (χ4n) is 4.32. The minimum absolute atomic E-state index is 0.233. The first kappa shape index (κ1) is 21.1. The molecule has 1 aliphatic carbocycles. The summed E-state index contributed by atoms with van der Waals surface area (Å²) < 4.78 is 7.59. The largest absolute Gasteiger partial charge is 0.462 e. The van der Waals surface area contributed by atoms with Crippen LogP contribution in [0.1, 0.15) is 63.1 Å². The molecule has 0 saturated carbocycles. The van der Waals surface area contributed by atoms with Crippen molar-refractivity contribution in [3.05, 3.63) is 74.9 Å². The molecule has 31 heavy (non-hydrogen) atoms. The molecule has 0 atom stereocenters. The van der Waals surface area contributed by atoms with E-state index in [1.165, 1.54) is 4.88 Å². The normalized spacial score (nSPS) is 13.5. The van der Waals surface area contributed by atoms with Gasteiger partial charge in [0.2, 0.25) is 0 Å². The van der Waals surface area contributed by atoms with E-state index in [1.54, 1.807) is 11.3 Å². The van der Waals surface area contributed by atoms with Crippen LogP contribution in [0.4, 0.5) is 0 Å². The van der Waals surface area contributed by atoms with Gasteiger partial charge < -0.3 is 9.30 Å². The summed E-state index contributed by atoms with van der Waals surface area (Å²) in [7, 11) is 0. The van der Waals surface area contributed by atoms with Gasteiger partial charge >= 0.3 is 5.97 Å². The SMILES string of the molecule is CCOC(=O)c1c(-n2c(C)cc(/C=C(\C#N)c3ccccc3)c2C)sc2c1CCCC2. The van der Waals surface area contributed by atoms with Crippen LogP contribution < -0.4 is 0 Å². The molecule has 0 bridgehead atoms. The average molecular weight is 431 g/mol. The van der Waals surface area contributed by atoms with Gasteiger partial charge in [0.05, 0.1) is 23.8 Å². The quantitative estimate of drug-likeness (QED) is 0.354. The Morgan fingerprint density at radius 2 is 1.97 bits per heavy atom. The summed E-state index contributed by atoms with van der Waals surface area (Å²) >= 11 is 1.71. The fourth-order valence-corrected chi connectivity index (χ4v) is 5.81. The van der Waals surface area contributed by atoms with E-state index in [0.29, 0.717) is 12.2 Å². The molecule has 2 heterocycles. The highest BCUT2D eigenvalue weighted by molar-refractivity contribution is 7.15. The summed E-state index contributed by atoms with van der Waals surface area (Å²) in [6, 6.07) is 14.1. The molecule has 1 aliphatic rings. The standard InChI is InChI=1S/C26H26N2O2S/c1-4-30-26(29)24-22-12-8-9-13-23(22)31-25(24)28-17(2)14-20(18(28)3)15-21(16-27)19-10-6-5-7-11-19/h5-7,10-11,14-15H,4,8-9,12-13H2,1-3H3/b21-15+. The van der Waals surface area contributed by atoms with Gasteiger partial charge in [-0.1, -0.05) is 30.3 Å². The zero-order valence-corrected chi connectivity index (χ0v) is 19.0. The maximum absolute atomic E-state index is 12.9. The number of hydrogen-bond acceptors (Lipinski definition) is 4. The lowest BCUT2D eigenvalue weighted by molar-refractivity contribution is 0.0525. The topological polar surface area (TPSA) is 55.0 Å². The van der Waals surface area contributed by atoms with E-state index in [4.69, 9.17) is 4.74 Å². The van der Waals surface area contributed by atoms with E-state index in [-0.39, 0.29) is 5.97 Å². The third-order valence-electron chi connectivity index (χ3n) is 5.81. The molecular weight excluding hydrogens is 404 g/mol. The highest BCUT2D eigenvalue weighted by Crippen LogP contribution is 2.39. The molecule has 0 N–H and O–H groups in total. The van der Waals surface area contributed by atoms with Crippen LogP contribution in [-0.2, 0) is 17.6 Å². The second-order valence-corrected chi connectivity index (χ2v) is 8.89. The Labute approximate surface area is 187 Å². The number of carbonyl (C=O) groups excluding carboxylic acids is 1. The number of nitrogens with zero attached hydrogens (tertiary/aromatic N) is 2. The van der Waals surface area contributed by atoms with Gasteiger partial charge in [0.25, 0.3) is 0 Å². The lowest BCUT2D eigenvalue weighted by atomic mass is 9.95. The van der Waals surface area contributed by atoms with Crippen molar-refractivity contribution in [3.8, 4) is 11.1 Å². The van der Waals surface area contributed by atoms with Crippen LogP contribution >= 0.6 is 11.3 Å². The van der Waals surface area contributed by atoms with E-state index in [0.717, 1.165) is 64.3 Å². The van der Waals surface area contributed by atoms with Crippen molar-refractivity contribution in [1.82, 2.24) is 4.57 Å². The summed E-state index contributed by atoms with van der Waals surface area (Å²) in [5.41, 5.74) is 6.45. The number of esters is 1. The number of benzene rings is 1. The molecule has 0 spiro atoms. The molecule has 0 amide bonds. The second kappa shape index (κ2) is 8.95. The molecule has 0 saturated heterocycles. The summed E-state index contributed by atoms with van der Waals surface area (Å²) in [4.78, 5) is 14.2. The van der Waals surface area contributed by atoms with Crippen LogP contribution in [0, 0.1) is 25.2 Å². The number of aromatic nitrogens is 1. The molecule has 5 heteroatoms. The average Bonchev–Trinajstić information content (AvgIpc) is 3.29. The Kier molecular flexibility index (Phi) is 6.11. The smallest absolute Gasteiger partial charge is 0.341 e. The lowest BCUT2D eigenvalue weighted by Gasteiger charge is -2.13. The van der Waals surface area contributed by atoms with Gasteiger partial charge in [-0.25, -0.2) is 4.79 Å². The molecule has 3 aromatic rings. The van der Waals surface area contributed by atoms with Crippen molar-refractivity contribution < 1.29 is 9.53 Å². The minimum atomic E-state index is -0.233. The maximum atomic E-state index is 12.9. The van der Waals surface area contributed by atoms with E-state index < -0.39 is 0 Å². The van der Waals surface area contributed by atoms with E-state index in [2.05, 4.69) is 16.7 Å². The van der Waals surface area contributed by atoms with Crippen LogP contribution in [0.3, 0.4) is 0 Å². The highest BCUT2D eigenvalue weighted by atomic mass is 32.1. The number of aryl methyl sites for hydroxylation is 2. The number of fused-ring (bicyclic) bond motifs is 1. The number of ether oxygens (including phenoxy) is 1. The Morgan fingerprint density at radius 1 is 1.23 bits per heavy atom. The van der Waals surface area contributed by atoms with Gasteiger partial charge in [-0.3, -0.25) is 0 Å². The van der Waals surface area contributed by atoms with Gasteiger partial charge in [0.1, 0.15) is 5.00 Å². The predicted octanol–water partition coefficient (Wildman–Crippen LogP) is 6.28. The zero-order chi connectivity index (χ0) is 22.0. The summed E-state index contributed by atoms with van der Waals surface area (Å²) in [6.45, 7) is 6.31. The Bertz CT molecular complexity index is 1190. The molecule has 1 aromatic carbocycles. The molecule has 0 aliphatic heterocycles. The third-order valence-corrected chi connectivity index (χ3v) is 7.09. The van der Waals surface area contributed by atoms with Crippen molar-refractivity contribution >= 4 is 29.0 Å². The molecule has 158 valence electrons. The van der Waals surface area contributed by atoms with Crippen molar-refractivity contribution in [1.29, 1.82) is 5.26 Å². The molecule has 4 nitrogen and oxygen atoms in total. The third kappa shape index (κ3) is 3.96. The van der Waals surface area contributed by atoms with Gasteiger partial charge in [0, 0.05) is 16.3 Å². The van der Waals surface area contributed by atoms with Crippen molar-refractivity contribution in [2.24, 2.45) is 0 Å². The van der Waals surface area contributed by atoms with Gasteiger partial charge in [0.15, 0.2) is 0 Å². The highest BCUT2D eigenvalue weighted by Gasteiger charge is 2.28. The molecule has 2 aromatic heterocycles. The molecule has 0 radical (unpaired) electrons. The first-order valence-corrected chi connectivity index (χ1v) is 11.5. The monoisotopic (exact) mass is 430 g/mol. The first-order chi connectivity index (χ1) is 15.0. The Hall–Kier alpha value is -3.10. The van der Waals surface area contributed by atoms with Crippen LogP contribution in [0.15, 0.2) is 36.4 Å². The molecule has 4 rings (SSSR count). The summed E-state index contributed by atoms with van der Waals surface area (Å²) in [5, 5.41) is 10.7. The predicted molar refractivity (Wildman–Crippen MR) is 126 cm³/mol. The van der Waals surface area contributed by atoms with Gasteiger partial charge in [-0.15, -0.1) is 11.3 Å². The Balaban J connectivity index is 1.85. The lowest BCUT2D eigenvalue weighted by Crippen LogP contribution is -2.12. The van der Waals surface area contributed by atoms with E-state index in [1.807, 2.05) is 57.2 Å². The van der Waals surface area contributed by atoms with E-state index in [9.17, 15) is 10.1 Å². The van der Waals surface area contributed by atoms with Gasteiger partial charge in [-0.05, 0) is 75.3 Å². The van der Waals surface area contributed by atoms with Crippen molar-refractivity contribution in [2.75, 3.05) is 6.61 Å². The van der Waals surface area contributed by atoms with Crippen molar-refractivity contribution in [3.63, 3.8) is 0 Å². The number of carbonyl (C=O) groups is 1. The second-order valence-electron chi connectivity index (χ2n) is 7.81. The summed E-state index contributed by atoms with van der Waals surface area (Å²) in [6.07, 6.45) is 6.15. The van der Waals surface area contributed by atoms with E-state index >= 15 is 0 Å². The maximum Gasteiger partial charge on any atom is 0.341 e. The molecule has 0 fully saturated rings. The number of rotatable bonds is 5.